The molecule has 0 aromatic carbocycles. The maximum Gasteiger partial charge on any atom is 0.150 e. The van der Waals surface area contributed by atoms with Crippen molar-refractivity contribution in [2.75, 3.05) is 18.1 Å². The molecule has 98 valence electrons. The lowest BCUT2D eigenvalue weighted by molar-refractivity contribution is 0.151. The van der Waals surface area contributed by atoms with Crippen LogP contribution >= 0.6 is 0 Å². The zero-order valence-corrected chi connectivity index (χ0v) is 11.6. The van der Waals surface area contributed by atoms with E-state index in [1.165, 1.54) is 0 Å². The summed E-state index contributed by atoms with van der Waals surface area (Å²) in [6.45, 7) is 8.24. The van der Waals surface area contributed by atoms with Crippen molar-refractivity contribution in [2.45, 2.75) is 52.2 Å². The molecule has 0 fully saturated rings. The van der Waals surface area contributed by atoms with Crippen molar-refractivity contribution in [1.29, 1.82) is 0 Å². The fourth-order valence-electron chi connectivity index (χ4n) is 1.21. The summed E-state index contributed by atoms with van der Waals surface area (Å²) in [6, 6.07) is 0. The predicted molar refractivity (Wildman–Crippen MR) is 67.3 cm³/mol. The molecule has 1 atom stereocenters. The van der Waals surface area contributed by atoms with Crippen LogP contribution in [0.5, 0.6) is 0 Å². The summed E-state index contributed by atoms with van der Waals surface area (Å²) in [5.74, 6) is 0.361. The van der Waals surface area contributed by atoms with Gasteiger partial charge in [-0.25, -0.2) is 8.42 Å². The molecule has 5 heteroatoms. The lowest BCUT2D eigenvalue weighted by Crippen LogP contribution is -2.40. The van der Waals surface area contributed by atoms with Gasteiger partial charge in [-0.15, -0.1) is 0 Å². The fourth-order valence-corrected chi connectivity index (χ4v) is 2.10. The Morgan fingerprint density at radius 1 is 1.31 bits per heavy atom. The topological polar surface area (TPSA) is 66.4 Å². The molecule has 2 N–H and O–H groups in total. The van der Waals surface area contributed by atoms with Gasteiger partial charge in [-0.05, 0) is 33.6 Å². The van der Waals surface area contributed by atoms with Crippen LogP contribution < -0.4 is 5.32 Å². The SMILES string of the molecule is CCS(=O)(=O)CCCC(O)CNC(C)(C)C. The van der Waals surface area contributed by atoms with Crippen LogP contribution in [-0.4, -0.2) is 43.2 Å². The standard InChI is InChI=1S/C11H25NO3S/c1-5-16(14,15)8-6-7-10(13)9-12-11(2,3)4/h10,12-13H,5-9H2,1-4H3. The Bertz CT molecular complexity index is 280. The molecule has 0 saturated heterocycles. The Morgan fingerprint density at radius 3 is 2.31 bits per heavy atom. The van der Waals surface area contributed by atoms with Gasteiger partial charge in [0.15, 0.2) is 0 Å². The van der Waals surface area contributed by atoms with Crippen LogP contribution in [-0.2, 0) is 9.84 Å². The molecule has 0 radical (unpaired) electrons. The Kier molecular flexibility index (Phi) is 6.51. The van der Waals surface area contributed by atoms with Crippen LogP contribution in [0, 0.1) is 0 Å². The van der Waals surface area contributed by atoms with Crippen molar-refractivity contribution in [3.05, 3.63) is 0 Å². The summed E-state index contributed by atoms with van der Waals surface area (Å²) in [7, 11) is -2.89. The maximum absolute atomic E-state index is 11.2. The van der Waals surface area contributed by atoms with Crippen molar-refractivity contribution >= 4 is 9.84 Å². The van der Waals surface area contributed by atoms with E-state index in [0.29, 0.717) is 19.4 Å². The van der Waals surface area contributed by atoms with Crippen molar-refractivity contribution in [3.63, 3.8) is 0 Å². The average molecular weight is 251 g/mol. The molecule has 0 amide bonds. The molecule has 0 spiro atoms. The van der Waals surface area contributed by atoms with E-state index < -0.39 is 15.9 Å². The normalized spacial score (nSPS) is 15.1. The monoisotopic (exact) mass is 251 g/mol. The maximum atomic E-state index is 11.2. The van der Waals surface area contributed by atoms with E-state index in [4.69, 9.17) is 0 Å². The van der Waals surface area contributed by atoms with Crippen LogP contribution in [0.3, 0.4) is 0 Å². The summed E-state index contributed by atoms with van der Waals surface area (Å²) in [6.07, 6.45) is 0.595. The van der Waals surface area contributed by atoms with Crippen molar-refractivity contribution in [1.82, 2.24) is 5.32 Å². The molecule has 0 aliphatic heterocycles. The number of sulfone groups is 1. The van der Waals surface area contributed by atoms with Gasteiger partial charge in [-0.3, -0.25) is 0 Å². The molecule has 0 heterocycles. The van der Waals surface area contributed by atoms with Crippen LogP contribution in [0.4, 0.5) is 0 Å². The van der Waals surface area contributed by atoms with Gasteiger partial charge in [-0.1, -0.05) is 6.92 Å². The first kappa shape index (κ1) is 15.9. The van der Waals surface area contributed by atoms with Gasteiger partial charge in [0.1, 0.15) is 9.84 Å². The first-order valence-corrected chi connectivity index (χ1v) is 7.62. The van der Waals surface area contributed by atoms with Gasteiger partial charge in [0.25, 0.3) is 0 Å². The van der Waals surface area contributed by atoms with E-state index in [2.05, 4.69) is 5.32 Å². The Hall–Kier alpha value is -0.130. The minimum absolute atomic E-state index is 0.0174. The smallest absolute Gasteiger partial charge is 0.150 e. The van der Waals surface area contributed by atoms with E-state index in [9.17, 15) is 13.5 Å². The second-order valence-corrected chi connectivity index (χ2v) is 7.64. The van der Waals surface area contributed by atoms with Crippen LogP contribution in [0.2, 0.25) is 0 Å². The molecule has 1 unspecified atom stereocenters. The van der Waals surface area contributed by atoms with Gasteiger partial charge < -0.3 is 10.4 Å². The van der Waals surface area contributed by atoms with Crippen LogP contribution in [0.25, 0.3) is 0 Å². The van der Waals surface area contributed by atoms with E-state index in [-0.39, 0.29) is 17.0 Å². The molecule has 0 saturated carbocycles. The summed E-state index contributed by atoms with van der Waals surface area (Å²) < 4.78 is 22.4. The highest BCUT2D eigenvalue weighted by molar-refractivity contribution is 7.91. The molecule has 0 rings (SSSR count). The summed E-state index contributed by atoms with van der Waals surface area (Å²) in [5, 5.41) is 12.8. The Morgan fingerprint density at radius 2 is 1.88 bits per heavy atom. The molecule has 16 heavy (non-hydrogen) atoms. The number of aliphatic hydroxyl groups excluding tert-OH is 1. The van der Waals surface area contributed by atoms with E-state index in [0.717, 1.165) is 0 Å². The third kappa shape index (κ3) is 9.12. The number of hydrogen-bond acceptors (Lipinski definition) is 4. The minimum Gasteiger partial charge on any atom is -0.392 e. The first-order chi connectivity index (χ1) is 7.16. The minimum atomic E-state index is -2.89. The Labute approximate surface area is 99.4 Å². The van der Waals surface area contributed by atoms with Crippen molar-refractivity contribution < 1.29 is 13.5 Å². The molecular weight excluding hydrogens is 226 g/mol. The highest BCUT2D eigenvalue weighted by Crippen LogP contribution is 2.03. The molecule has 0 aromatic heterocycles. The molecule has 4 nitrogen and oxygen atoms in total. The van der Waals surface area contributed by atoms with Gasteiger partial charge >= 0.3 is 0 Å². The predicted octanol–water partition coefficient (Wildman–Crippen LogP) is 0.950. The highest BCUT2D eigenvalue weighted by atomic mass is 32.2. The largest absolute Gasteiger partial charge is 0.392 e. The van der Waals surface area contributed by atoms with E-state index >= 15 is 0 Å². The third-order valence-electron chi connectivity index (χ3n) is 2.30. The first-order valence-electron chi connectivity index (χ1n) is 5.80. The summed E-state index contributed by atoms with van der Waals surface area (Å²) in [4.78, 5) is 0. The number of rotatable bonds is 7. The third-order valence-corrected chi connectivity index (χ3v) is 4.09. The van der Waals surface area contributed by atoms with E-state index in [1.807, 2.05) is 20.8 Å². The number of hydrogen-bond donors (Lipinski definition) is 2. The number of nitrogens with one attached hydrogen (secondary N) is 1. The van der Waals surface area contributed by atoms with Gasteiger partial charge in [0.05, 0.1) is 11.9 Å². The number of aliphatic hydroxyl groups is 1. The zero-order valence-electron chi connectivity index (χ0n) is 10.8. The lowest BCUT2D eigenvalue weighted by Gasteiger charge is -2.22. The fraction of sp³-hybridized carbons (Fsp3) is 1.00. The second-order valence-electron chi connectivity index (χ2n) is 5.16. The van der Waals surface area contributed by atoms with Gasteiger partial charge in [-0.2, -0.15) is 0 Å². The molecule has 0 aliphatic carbocycles. The quantitative estimate of drug-likeness (QED) is 0.707. The van der Waals surface area contributed by atoms with Gasteiger partial charge in [0, 0.05) is 17.8 Å². The van der Waals surface area contributed by atoms with Crippen molar-refractivity contribution in [3.8, 4) is 0 Å². The number of β-amino-alcohol motifs (C(OH)–C–C–N with tert-alkyl or cyclic N) is 1. The molecule has 0 aliphatic rings. The average Bonchev–Trinajstić information content (AvgIpc) is 2.13. The second kappa shape index (κ2) is 6.57. The zero-order chi connectivity index (χ0) is 12.8. The molecular formula is C11H25NO3S. The highest BCUT2D eigenvalue weighted by Gasteiger charge is 2.13. The Balaban J connectivity index is 3.71. The van der Waals surface area contributed by atoms with Crippen LogP contribution in [0.1, 0.15) is 40.5 Å². The summed E-state index contributed by atoms with van der Waals surface area (Å²) >= 11 is 0. The van der Waals surface area contributed by atoms with Gasteiger partial charge in [0.2, 0.25) is 0 Å². The molecule has 0 bridgehead atoms. The van der Waals surface area contributed by atoms with Crippen molar-refractivity contribution in [2.24, 2.45) is 0 Å². The molecule has 0 aromatic rings. The summed E-state index contributed by atoms with van der Waals surface area (Å²) in [5.41, 5.74) is -0.0174. The lowest BCUT2D eigenvalue weighted by atomic mass is 10.1. The van der Waals surface area contributed by atoms with Crippen LogP contribution in [0.15, 0.2) is 0 Å². The van der Waals surface area contributed by atoms with E-state index in [1.54, 1.807) is 6.92 Å².